The highest BCUT2D eigenvalue weighted by atomic mass is 16.7. The molecule has 14 heavy (non-hydrogen) atoms. The average Bonchev–Trinajstić information content (AvgIpc) is 2.65. The molecule has 2 N–H and O–H groups in total. The van der Waals surface area contributed by atoms with Crippen molar-refractivity contribution in [2.24, 2.45) is 0 Å². The van der Waals surface area contributed by atoms with E-state index < -0.39 is 24.6 Å². The molecule has 2 aliphatic heterocycles. The van der Waals surface area contributed by atoms with Crippen LogP contribution in [0.1, 0.15) is 0 Å². The van der Waals surface area contributed by atoms with Crippen molar-refractivity contribution in [1.82, 2.24) is 0 Å². The largest absolute Gasteiger partial charge is 0.388 e. The Hall–Kier alpha value is -0.460. The second-order valence-corrected chi connectivity index (χ2v) is 3.44. The fourth-order valence-corrected chi connectivity index (χ4v) is 1.83. The van der Waals surface area contributed by atoms with Gasteiger partial charge < -0.3 is 24.4 Å². The van der Waals surface area contributed by atoms with Gasteiger partial charge in [0, 0.05) is 0 Å². The maximum atomic E-state index is 9.47. The molecule has 5 atom stereocenters. The van der Waals surface area contributed by atoms with Crippen LogP contribution in [-0.4, -0.2) is 54.1 Å². The Labute approximate surface area is 81.9 Å². The van der Waals surface area contributed by atoms with Gasteiger partial charge in [0.15, 0.2) is 6.29 Å². The van der Waals surface area contributed by atoms with Crippen LogP contribution in [0, 0.1) is 0 Å². The molecule has 2 rings (SSSR count). The van der Waals surface area contributed by atoms with Gasteiger partial charge in [0.05, 0.1) is 13.2 Å². The number of hydrogen-bond donors (Lipinski definition) is 2. The second kappa shape index (κ2) is 3.96. The molecule has 2 aliphatic rings. The van der Waals surface area contributed by atoms with Crippen LogP contribution < -0.4 is 0 Å². The molecule has 0 saturated carbocycles. The van der Waals surface area contributed by atoms with E-state index in [0.29, 0.717) is 6.61 Å². The third kappa shape index (κ3) is 1.57. The van der Waals surface area contributed by atoms with Gasteiger partial charge in [-0.25, -0.2) is 0 Å². The minimum atomic E-state index is -1.03. The van der Waals surface area contributed by atoms with Crippen LogP contribution in [0.25, 0.3) is 0 Å². The molecule has 2 heterocycles. The SMILES string of the molecule is C=CCOC1C(O)OC2C(O)COC21. The lowest BCUT2D eigenvalue weighted by molar-refractivity contribution is -0.160. The molecule has 0 amide bonds. The van der Waals surface area contributed by atoms with Crippen molar-refractivity contribution in [2.75, 3.05) is 13.2 Å². The van der Waals surface area contributed by atoms with Crippen LogP contribution in [-0.2, 0) is 14.2 Å². The number of rotatable bonds is 3. The van der Waals surface area contributed by atoms with Gasteiger partial charge in [0.1, 0.15) is 24.4 Å². The summed E-state index contributed by atoms with van der Waals surface area (Å²) in [4.78, 5) is 0. The van der Waals surface area contributed by atoms with Gasteiger partial charge in [0.2, 0.25) is 0 Å². The zero-order valence-corrected chi connectivity index (χ0v) is 7.70. The van der Waals surface area contributed by atoms with E-state index in [9.17, 15) is 10.2 Å². The fourth-order valence-electron chi connectivity index (χ4n) is 1.83. The zero-order chi connectivity index (χ0) is 10.1. The lowest BCUT2D eigenvalue weighted by Crippen LogP contribution is -2.35. The molecule has 2 saturated heterocycles. The predicted octanol–water partition coefficient (Wildman–Crippen LogP) is -0.966. The molecule has 2 fully saturated rings. The van der Waals surface area contributed by atoms with E-state index in [2.05, 4.69) is 6.58 Å². The lowest BCUT2D eigenvalue weighted by atomic mass is 10.1. The Morgan fingerprint density at radius 1 is 1.43 bits per heavy atom. The van der Waals surface area contributed by atoms with Crippen molar-refractivity contribution in [3.63, 3.8) is 0 Å². The van der Waals surface area contributed by atoms with Crippen molar-refractivity contribution in [3.8, 4) is 0 Å². The van der Waals surface area contributed by atoms with Gasteiger partial charge in [-0.05, 0) is 0 Å². The first kappa shape index (κ1) is 10.1. The minimum Gasteiger partial charge on any atom is -0.388 e. The minimum absolute atomic E-state index is 0.232. The highest BCUT2D eigenvalue weighted by molar-refractivity contribution is 4.97. The number of aliphatic hydroxyl groups is 2. The summed E-state index contributed by atoms with van der Waals surface area (Å²) in [6.45, 7) is 4.07. The quantitative estimate of drug-likeness (QED) is 0.577. The monoisotopic (exact) mass is 202 g/mol. The van der Waals surface area contributed by atoms with Crippen LogP contribution in [0.2, 0.25) is 0 Å². The third-order valence-electron chi connectivity index (χ3n) is 2.47. The van der Waals surface area contributed by atoms with Gasteiger partial charge in [-0.2, -0.15) is 0 Å². The molecule has 0 radical (unpaired) electrons. The Balaban J connectivity index is 1.99. The van der Waals surface area contributed by atoms with Crippen molar-refractivity contribution >= 4 is 0 Å². The number of aliphatic hydroxyl groups excluding tert-OH is 2. The first-order valence-corrected chi connectivity index (χ1v) is 4.59. The van der Waals surface area contributed by atoms with Gasteiger partial charge in [0.25, 0.3) is 0 Å². The molecule has 0 aromatic heterocycles. The summed E-state index contributed by atoms with van der Waals surface area (Å²) in [5.41, 5.74) is 0. The van der Waals surface area contributed by atoms with Gasteiger partial charge in [-0.15, -0.1) is 6.58 Å². The summed E-state index contributed by atoms with van der Waals surface area (Å²) in [6.07, 6.45) is -1.49. The molecule has 5 heteroatoms. The number of hydrogen-bond acceptors (Lipinski definition) is 5. The summed E-state index contributed by atoms with van der Waals surface area (Å²) < 4.78 is 15.7. The smallest absolute Gasteiger partial charge is 0.184 e. The zero-order valence-electron chi connectivity index (χ0n) is 7.70. The molecule has 0 bridgehead atoms. The topological polar surface area (TPSA) is 68.2 Å². The molecule has 5 nitrogen and oxygen atoms in total. The van der Waals surface area contributed by atoms with Crippen molar-refractivity contribution < 1.29 is 24.4 Å². The predicted molar refractivity (Wildman–Crippen MR) is 46.6 cm³/mol. The lowest BCUT2D eigenvalue weighted by Gasteiger charge is -2.17. The van der Waals surface area contributed by atoms with E-state index >= 15 is 0 Å². The highest BCUT2D eigenvalue weighted by Crippen LogP contribution is 2.31. The fraction of sp³-hybridized carbons (Fsp3) is 0.778. The summed E-state index contributed by atoms with van der Waals surface area (Å²) in [5.74, 6) is 0. The average molecular weight is 202 g/mol. The van der Waals surface area contributed by atoms with Crippen LogP contribution in [0.3, 0.4) is 0 Å². The van der Waals surface area contributed by atoms with Crippen LogP contribution in [0.15, 0.2) is 12.7 Å². The maximum Gasteiger partial charge on any atom is 0.184 e. The Kier molecular flexibility index (Phi) is 2.85. The molecule has 0 aromatic carbocycles. The summed E-state index contributed by atoms with van der Waals surface area (Å²) in [7, 11) is 0. The third-order valence-corrected chi connectivity index (χ3v) is 2.47. The molecule has 0 aliphatic carbocycles. The van der Waals surface area contributed by atoms with Crippen molar-refractivity contribution in [3.05, 3.63) is 12.7 Å². The Morgan fingerprint density at radius 3 is 2.93 bits per heavy atom. The summed E-state index contributed by atoms with van der Waals surface area (Å²) in [6, 6.07) is 0. The van der Waals surface area contributed by atoms with E-state index in [1.54, 1.807) is 6.08 Å². The van der Waals surface area contributed by atoms with Crippen molar-refractivity contribution in [2.45, 2.75) is 30.7 Å². The first-order valence-electron chi connectivity index (χ1n) is 4.59. The highest BCUT2D eigenvalue weighted by Gasteiger charge is 2.52. The van der Waals surface area contributed by atoms with Crippen LogP contribution >= 0.6 is 0 Å². The summed E-state index contributed by atoms with van der Waals surface area (Å²) >= 11 is 0. The standard InChI is InChI=1S/C9H14O5/c1-2-3-12-8-7-6(14-9(8)11)5(10)4-13-7/h2,5-11H,1,3-4H2. The van der Waals surface area contributed by atoms with Gasteiger partial charge in [-0.3, -0.25) is 0 Å². The van der Waals surface area contributed by atoms with Gasteiger partial charge in [-0.1, -0.05) is 6.08 Å². The normalized spacial score (nSPS) is 46.6. The summed E-state index contributed by atoms with van der Waals surface area (Å²) in [5, 5.41) is 18.9. The van der Waals surface area contributed by atoms with E-state index in [1.807, 2.05) is 0 Å². The molecular weight excluding hydrogens is 188 g/mol. The maximum absolute atomic E-state index is 9.47. The van der Waals surface area contributed by atoms with Crippen LogP contribution in [0.5, 0.6) is 0 Å². The molecular formula is C9H14O5. The second-order valence-electron chi connectivity index (χ2n) is 3.44. The van der Waals surface area contributed by atoms with Crippen molar-refractivity contribution in [1.29, 1.82) is 0 Å². The van der Waals surface area contributed by atoms with E-state index in [-0.39, 0.29) is 12.7 Å². The van der Waals surface area contributed by atoms with E-state index in [1.165, 1.54) is 0 Å². The van der Waals surface area contributed by atoms with E-state index in [4.69, 9.17) is 14.2 Å². The number of fused-ring (bicyclic) bond motifs is 1. The van der Waals surface area contributed by atoms with E-state index in [0.717, 1.165) is 0 Å². The van der Waals surface area contributed by atoms with Crippen LogP contribution in [0.4, 0.5) is 0 Å². The Morgan fingerprint density at radius 2 is 2.21 bits per heavy atom. The molecule has 80 valence electrons. The molecule has 0 aromatic rings. The molecule has 0 spiro atoms. The molecule has 5 unspecified atom stereocenters. The number of ether oxygens (including phenoxy) is 3. The van der Waals surface area contributed by atoms with Gasteiger partial charge >= 0.3 is 0 Å². The first-order chi connectivity index (χ1) is 6.74. The Bertz CT molecular complexity index is 219.